The minimum absolute atomic E-state index is 0.500. The molecule has 2 unspecified atom stereocenters. The number of rotatable bonds is 2. The third kappa shape index (κ3) is 2.33. The van der Waals surface area contributed by atoms with E-state index >= 15 is 0 Å². The van der Waals surface area contributed by atoms with Gasteiger partial charge in [0.05, 0.1) is 0 Å². The first-order valence-electron chi connectivity index (χ1n) is 4.59. The van der Waals surface area contributed by atoms with Crippen LogP contribution in [0.3, 0.4) is 0 Å². The largest absolute Gasteiger partial charge is 0.436 e. The van der Waals surface area contributed by atoms with Gasteiger partial charge in [-0.15, -0.1) is 0 Å². The number of carbonyl (C=O) groups is 1. The van der Waals surface area contributed by atoms with E-state index in [4.69, 9.17) is 16.3 Å². The van der Waals surface area contributed by atoms with Crippen LogP contribution in [-0.4, -0.2) is 35.5 Å². The Hall–Kier alpha value is -1.00. The Morgan fingerprint density at radius 3 is 2.60 bits per heavy atom. The molecule has 2 atom stereocenters. The number of nitrogens with zero attached hydrogens (tertiary/aromatic N) is 1. The highest BCUT2D eigenvalue weighted by Gasteiger charge is 2.40. The van der Waals surface area contributed by atoms with E-state index in [0.29, 0.717) is 10.6 Å². The van der Waals surface area contributed by atoms with Crippen molar-refractivity contribution in [2.24, 2.45) is 0 Å². The average molecular weight is 232 g/mol. The number of aliphatic hydroxyl groups is 1. The van der Waals surface area contributed by atoms with Gasteiger partial charge in [0.25, 0.3) is 0 Å². The second-order valence-electron chi connectivity index (χ2n) is 3.32. The Balaban J connectivity index is 2.98. The molecule has 1 aliphatic heterocycles. The number of halogens is 1. The zero-order valence-electron chi connectivity index (χ0n) is 8.90. The lowest BCUT2D eigenvalue weighted by Gasteiger charge is -2.16. The zero-order valence-corrected chi connectivity index (χ0v) is 9.65. The Bertz CT molecular complexity index is 321. The summed E-state index contributed by atoms with van der Waals surface area (Å²) in [6.07, 6.45) is 1.25. The number of aliphatic hydroxyl groups excluding tert-OH is 1. The lowest BCUT2D eigenvalue weighted by Crippen LogP contribution is -2.33. The summed E-state index contributed by atoms with van der Waals surface area (Å²) in [7, 11) is 1.48. The van der Waals surface area contributed by atoms with E-state index < -0.39 is 18.4 Å². The number of allylic oxidation sites excluding steroid dienone is 2. The molecular formula is C10H14ClNO3. The number of hydrogen-bond donors (Lipinski definition) is 1. The Morgan fingerprint density at radius 2 is 2.27 bits per heavy atom. The molecule has 0 saturated carbocycles. The summed E-state index contributed by atoms with van der Waals surface area (Å²) in [5.41, 5.74) is 0.615. The predicted molar refractivity (Wildman–Crippen MR) is 57.4 cm³/mol. The van der Waals surface area contributed by atoms with Gasteiger partial charge >= 0.3 is 6.09 Å². The summed E-state index contributed by atoms with van der Waals surface area (Å²) in [6.45, 7) is 3.52. The van der Waals surface area contributed by atoms with Crippen LogP contribution in [0.25, 0.3) is 0 Å². The van der Waals surface area contributed by atoms with Crippen molar-refractivity contribution in [2.75, 3.05) is 7.05 Å². The van der Waals surface area contributed by atoms with Crippen LogP contribution in [0.15, 0.2) is 22.8 Å². The van der Waals surface area contributed by atoms with E-state index in [9.17, 15) is 9.90 Å². The SMILES string of the molecule is C/C=C\C(=C(/C)Cl)C1OC(=O)N(C)C1O. The standard InChI is InChI=1S/C10H14ClNO3/c1-4-5-7(6(2)11)8-9(13)12(3)10(14)15-8/h4-5,8-9,13H,1-3H3/b5-4-,7-6-. The highest BCUT2D eigenvalue weighted by atomic mass is 35.5. The van der Waals surface area contributed by atoms with Crippen LogP contribution in [0.2, 0.25) is 0 Å². The summed E-state index contributed by atoms with van der Waals surface area (Å²) in [5, 5.41) is 10.2. The summed E-state index contributed by atoms with van der Waals surface area (Å²) in [4.78, 5) is 12.3. The molecule has 5 heteroatoms. The molecular weight excluding hydrogens is 218 g/mol. The minimum Gasteiger partial charge on any atom is -0.436 e. The van der Waals surface area contributed by atoms with E-state index in [0.717, 1.165) is 4.90 Å². The van der Waals surface area contributed by atoms with Crippen molar-refractivity contribution >= 4 is 17.7 Å². The third-order valence-corrected chi connectivity index (χ3v) is 2.45. The average Bonchev–Trinajstić information content (AvgIpc) is 2.42. The molecule has 1 heterocycles. The molecule has 0 aromatic heterocycles. The van der Waals surface area contributed by atoms with E-state index in [1.54, 1.807) is 19.1 Å². The number of ether oxygens (including phenoxy) is 1. The van der Waals surface area contributed by atoms with E-state index in [-0.39, 0.29) is 0 Å². The Morgan fingerprint density at radius 1 is 1.67 bits per heavy atom. The van der Waals surface area contributed by atoms with Crippen LogP contribution < -0.4 is 0 Å². The molecule has 0 spiro atoms. The van der Waals surface area contributed by atoms with E-state index in [1.165, 1.54) is 7.05 Å². The van der Waals surface area contributed by atoms with Crippen LogP contribution in [0.5, 0.6) is 0 Å². The fourth-order valence-electron chi connectivity index (χ4n) is 1.37. The highest BCUT2D eigenvalue weighted by molar-refractivity contribution is 6.29. The second kappa shape index (κ2) is 4.68. The fourth-order valence-corrected chi connectivity index (χ4v) is 1.54. The van der Waals surface area contributed by atoms with E-state index in [1.807, 2.05) is 6.92 Å². The summed E-state index contributed by atoms with van der Waals surface area (Å²) in [5.74, 6) is 0. The molecule has 15 heavy (non-hydrogen) atoms. The summed E-state index contributed by atoms with van der Waals surface area (Å²) in [6, 6.07) is 0. The maximum atomic E-state index is 11.2. The van der Waals surface area contributed by atoms with Crippen molar-refractivity contribution < 1.29 is 14.6 Å². The second-order valence-corrected chi connectivity index (χ2v) is 3.88. The normalized spacial score (nSPS) is 28.3. The maximum absolute atomic E-state index is 11.2. The fraction of sp³-hybridized carbons (Fsp3) is 0.500. The van der Waals surface area contributed by atoms with Crippen molar-refractivity contribution in [2.45, 2.75) is 26.2 Å². The van der Waals surface area contributed by atoms with E-state index in [2.05, 4.69) is 0 Å². The van der Waals surface area contributed by atoms with Crippen molar-refractivity contribution in [3.63, 3.8) is 0 Å². The van der Waals surface area contributed by atoms with Gasteiger partial charge < -0.3 is 9.84 Å². The highest BCUT2D eigenvalue weighted by Crippen LogP contribution is 2.26. The number of cyclic esters (lactones) is 1. The molecule has 0 aromatic carbocycles. The smallest absolute Gasteiger partial charge is 0.412 e. The molecule has 0 bridgehead atoms. The topological polar surface area (TPSA) is 49.8 Å². The molecule has 1 amide bonds. The Kier molecular flexibility index (Phi) is 3.77. The third-order valence-electron chi connectivity index (χ3n) is 2.23. The molecule has 0 radical (unpaired) electrons. The van der Waals surface area contributed by atoms with Crippen molar-refractivity contribution in [1.82, 2.24) is 4.90 Å². The zero-order chi connectivity index (χ0) is 11.6. The van der Waals surface area contributed by atoms with Crippen LogP contribution >= 0.6 is 11.6 Å². The van der Waals surface area contributed by atoms with Gasteiger partial charge in [-0.2, -0.15) is 0 Å². The number of hydrogen-bond acceptors (Lipinski definition) is 3. The van der Waals surface area contributed by atoms with Crippen LogP contribution in [0, 0.1) is 0 Å². The molecule has 1 saturated heterocycles. The van der Waals surface area contributed by atoms with Gasteiger partial charge in [-0.25, -0.2) is 4.79 Å². The molecule has 0 aliphatic carbocycles. The van der Waals surface area contributed by atoms with Crippen molar-refractivity contribution in [3.05, 3.63) is 22.8 Å². The summed E-state index contributed by atoms with van der Waals surface area (Å²) < 4.78 is 5.01. The molecule has 1 rings (SSSR count). The number of carbonyl (C=O) groups excluding carboxylic acids is 1. The monoisotopic (exact) mass is 231 g/mol. The Labute approximate surface area is 93.8 Å². The number of likely N-dealkylation sites (N-methyl/N-ethyl adjacent to an activating group) is 1. The molecule has 4 nitrogen and oxygen atoms in total. The van der Waals surface area contributed by atoms with Gasteiger partial charge in [0.15, 0.2) is 12.3 Å². The van der Waals surface area contributed by atoms with Crippen LogP contribution in [0.4, 0.5) is 4.79 Å². The molecule has 84 valence electrons. The number of amides is 1. The van der Waals surface area contributed by atoms with Gasteiger partial charge in [0, 0.05) is 17.7 Å². The van der Waals surface area contributed by atoms with Gasteiger partial charge in [-0.05, 0) is 13.8 Å². The quantitative estimate of drug-likeness (QED) is 0.738. The first kappa shape index (κ1) is 12.1. The lowest BCUT2D eigenvalue weighted by molar-refractivity contribution is 0.0412. The lowest BCUT2D eigenvalue weighted by atomic mass is 10.1. The van der Waals surface area contributed by atoms with Crippen molar-refractivity contribution in [3.8, 4) is 0 Å². The molecule has 1 aliphatic rings. The van der Waals surface area contributed by atoms with Gasteiger partial charge in [-0.3, -0.25) is 4.90 Å². The molecule has 0 aromatic rings. The minimum atomic E-state index is -0.989. The first-order chi connectivity index (χ1) is 6.99. The summed E-state index contributed by atoms with van der Waals surface area (Å²) >= 11 is 5.87. The van der Waals surface area contributed by atoms with Gasteiger partial charge in [-0.1, -0.05) is 23.8 Å². The van der Waals surface area contributed by atoms with Gasteiger partial charge in [0.2, 0.25) is 0 Å². The van der Waals surface area contributed by atoms with Gasteiger partial charge in [0.1, 0.15) is 0 Å². The van der Waals surface area contributed by atoms with Crippen molar-refractivity contribution in [1.29, 1.82) is 0 Å². The van der Waals surface area contributed by atoms with Crippen LogP contribution in [-0.2, 0) is 4.74 Å². The van der Waals surface area contributed by atoms with Crippen LogP contribution in [0.1, 0.15) is 13.8 Å². The molecule has 1 fully saturated rings. The maximum Gasteiger partial charge on any atom is 0.412 e. The first-order valence-corrected chi connectivity index (χ1v) is 4.97. The predicted octanol–water partition coefficient (Wildman–Crippen LogP) is 1.84. The molecule has 1 N–H and O–H groups in total.